The zero-order valence-corrected chi connectivity index (χ0v) is 18.0. The molecule has 1 unspecified atom stereocenters. The molecule has 3 heterocycles. The predicted octanol–water partition coefficient (Wildman–Crippen LogP) is 3.96. The monoisotopic (exact) mass is 420 g/mol. The Morgan fingerprint density at radius 3 is 2.57 bits per heavy atom. The Morgan fingerprint density at radius 2 is 1.90 bits per heavy atom. The zero-order chi connectivity index (χ0) is 21.3. The molecular formula is C23H24N4O2S. The van der Waals surface area contributed by atoms with Crippen LogP contribution in [-0.2, 0) is 11.2 Å². The summed E-state index contributed by atoms with van der Waals surface area (Å²) in [6.07, 6.45) is 1.63. The lowest BCUT2D eigenvalue weighted by Gasteiger charge is -2.19. The van der Waals surface area contributed by atoms with Gasteiger partial charge in [-0.05, 0) is 35.4 Å². The minimum absolute atomic E-state index is 0.0222. The highest BCUT2D eigenvalue weighted by molar-refractivity contribution is 7.10. The van der Waals surface area contributed by atoms with E-state index in [2.05, 4.69) is 53.5 Å². The van der Waals surface area contributed by atoms with Gasteiger partial charge in [0.05, 0.1) is 12.5 Å². The van der Waals surface area contributed by atoms with Crippen LogP contribution in [0.15, 0.2) is 58.8 Å². The molecule has 30 heavy (non-hydrogen) atoms. The van der Waals surface area contributed by atoms with E-state index in [-0.39, 0.29) is 23.9 Å². The number of H-pyrrole nitrogens is 1. The standard InChI is InChI=1S/C23H24N4O2S/c1-14(2)16-6-8-17(9-7-16)22(19-5-4-12-30-19)26-21(28)13-18-15(3)25-20-10-11-24-27(20)23(18)29/h4-12,14,22,24H,13H2,1-3H3,(H,26,28). The lowest BCUT2D eigenvalue weighted by molar-refractivity contribution is -0.120. The van der Waals surface area contributed by atoms with Crippen molar-refractivity contribution in [2.45, 2.75) is 39.2 Å². The van der Waals surface area contributed by atoms with Crippen molar-refractivity contribution < 1.29 is 4.79 Å². The SMILES string of the molecule is Cc1nc2cc[nH]n2c(=O)c1CC(=O)NC(c1ccc(C(C)C)cc1)c1cccs1. The molecule has 3 aromatic heterocycles. The predicted molar refractivity (Wildman–Crippen MR) is 119 cm³/mol. The smallest absolute Gasteiger partial charge is 0.276 e. The fourth-order valence-electron chi connectivity index (χ4n) is 3.53. The number of nitrogens with zero attached hydrogens (tertiary/aromatic N) is 2. The van der Waals surface area contributed by atoms with E-state index in [0.29, 0.717) is 22.8 Å². The third-order valence-electron chi connectivity index (χ3n) is 5.25. The quantitative estimate of drug-likeness (QED) is 0.495. The van der Waals surface area contributed by atoms with Crippen molar-refractivity contribution in [3.8, 4) is 0 Å². The maximum Gasteiger partial charge on any atom is 0.276 e. The summed E-state index contributed by atoms with van der Waals surface area (Å²) in [5.74, 6) is 0.232. The largest absolute Gasteiger partial charge is 0.344 e. The van der Waals surface area contributed by atoms with E-state index in [1.54, 1.807) is 30.5 Å². The summed E-state index contributed by atoms with van der Waals surface area (Å²) in [6, 6.07) is 13.8. The van der Waals surface area contributed by atoms with Gasteiger partial charge in [0.2, 0.25) is 5.91 Å². The highest BCUT2D eigenvalue weighted by Crippen LogP contribution is 2.27. The number of aryl methyl sites for hydroxylation is 1. The number of carbonyl (C=O) groups excluding carboxylic acids is 1. The first-order valence-corrected chi connectivity index (χ1v) is 10.8. The highest BCUT2D eigenvalue weighted by Gasteiger charge is 2.20. The third kappa shape index (κ3) is 3.93. The number of rotatable bonds is 6. The van der Waals surface area contributed by atoms with E-state index >= 15 is 0 Å². The number of aromatic nitrogens is 3. The van der Waals surface area contributed by atoms with Crippen LogP contribution in [0.4, 0.5) is 0 Å². The first-order valence-electron chi connectivity index (χ1n) is 9.92. The van der Waals surface area contributed by atoms with Crippen molar-refractivity contribution in [3.05, 3.63) is 91.7 Å². The Labute approximate surface area is 178 Å². The van der Waals surface area contributed by atoms with Crippen LogP contribution in [0, 0.1) is 6.92 Å². The van der Waals surface area contributed by atoms with Gasteiger partial charge < -0.3 is 5.32 Å². The summed E-state index contributed by atoms with van der Waals surface area (Å²) < 4.78 is 1.36. The van der Waals surface area contributed by atoms with Gasteiger partial charge in [-0.15, -0.1) is 11.3 Å². The van der Waals surface area contributed by atoms with Crippen LogP contribution in [0.5, 0.6) is 0 Å². The third-order valence-corrected chi connectivity index (χ3v) is 6.19. The van der Waals surface area contributed by atoms with Gasteiger partial charge >= 0.3 is 0 Å². The van der Waals surface area contributed by atoms with Crippen molar-refractivity contribution in [2.24, 2.45) is 0 Å². The van der Waals surface area contributed by atoms with Gasteiger partial charge in [-0.1, -0.05) is 44.2 Å². The number of amides is 1. The maximum absolute atomic E-state index is 13.0. The van der Waals surface area contributed by atoms with Crippen LogP contribution in [0.3, 0.4) is 0 Å². The first kappa shape index (κ1) is 20.1. The maximum atomic E-state index is 13.0. The van der Waals surface area contributed by atoms with Crippen LogP contribution in [-0.4, -0.2) is 20.5 Å². The van der Waals surface area contributed by atoms with Gasteiger partial charge in [0.15, 0.2) is 5.65 Å². The summed E-state index contributed by atoms with van der Waals surface area (Å²) in [7, 11) is 0. The van der Waals surface area contributed by atoms with Gasteiger partial charge in [-0.3, -0.25) is 14.7 Å². The Morgan fingerprint density at radius 1 is 1.17 bits per heavy atom. The van der Waals surface area contributed by atoms with Crippen molar-refractivity contribution >= 4 is 22.9 Å². The molecule has 0 saturated carbocycles. The molecule has 0 fully saturated rings. The van der Waals surface area contributed by atoms with Crippen LogP contribution < -0.4 is 10.9 Å². The van der Waals surface area contributed by atoms with E-state index in [0.717, 1.165) is 10.4 Å². The minimum Gasteiger partial charge on any atom is -0.344 e. The molecule has 0 radical (unpaired) electrons. The average molecular weight is 421 g/mol. The number of hydrogen-bond acceptors (Lipinski definition) is 4. The van der Waals surface area contributed by atoms with E-state index in [1.165, 1.54) is 10.1 Å². The number of carbonyl (C=O) groups is 1. The first-order chi connectivity index (χ1) is 14.4. The molecule has 0 aliphatic rings. The molecule has 4 aromatic rings. The summed E-state index contributed by atoms with van der Waals surface area (Å²) in [5.41, 5.74) is 3.54. The fraction of sp³-hybridized carbons (Fsp3) is 0.261. The summed E-state index contributed by atoms with van der Waals surface area (Å²) in [5, 5.41) is 7.95. The summed E-state index contributed by atoms with van der Waals surface area (Å²) in [6.45, 7) is 6.07. The number of benzene rings is 1. The molecule has 0 bridgehead atoms. The molecule has 6 nitrogen and oxygen atoms in total. The number of thiophene rings is 1. The van der Waals surface area contributed by atoms with E-state index in [9.17, 15) is 9.59 Å². The van der Waals surface area contributed by atoms with Crippen molar-refractivity contribution in [2.75, 3.05) is 0 Å². The molecule has 1 atom stereocenters. The highest BCUT2D eigenvalue weighted by atomic mass is 32.1. The van der Waals surface area contributed by atoms with E-state index in [1.807, 2.05) is 17.5 Å². The van der Waals surface area contributed by atoms with Crippen LogP contribution >= 0.6 is 11.3 Å². The number of hydrogen-bond donors (Lipinski definition) is 2. The lowest BCUT2D eigenvalue weighted by Crippen LogP contribution is -2.33. The lowest BCUT2D eigenvalue weighted by atomic mass is 9.98. The molecule has 7 heteroatoms. The van der Waals surface area contributed by atoms with Crippen LogP contribution in [0.2, 0.25) is 0 Å². The Kier molecular flexibility index (Phi) is 5.55. The van der Waals surface area contributed by atoms with E-state index in [4.69, 9.17) is 0 Å². The summed E-state index contributed by atoms with van der Waals surface area (Å²) in [4.78, 5) is 31.2. The normalized spacial score (nSPS) is 12.4. The molecule has 0 spiro atoms. The molecular weight excluding hydrogens is 396 g/mol. The molecule has 0 aliphatic heterocycles. The van der Waals surface area contributed by atoms with E-state index < -0.39 is 0 Å². The summed E-state index contributed by atoms with van der Waals surface area (Å²) >= 11 is 1.60. The number of fused-ring (bicyclic) bond motifs is 1. The number of nitrogens with one attached hydrogen (secondary N) is 2. The molecule has 1 aromatic carbocycles. The molecule has 154 valence electrons. The molecule has 0 aliphatic carbocycles. The van der Waals surface area contributed by atoms with Crippen molar-refractivity contribution in [1.29, 1.82) is 0 Å². The van der Waals surface area contributed by atoms with Crippen LogP contribution in [0.1, 0.15) is 53.1 Å². The Bertz CT molecular complexity index is 1220. The zero-order valence-electron chi connectivity index (χ0n) is 17.2. The molecule has 0 saturated heterocycles. The van der Waals surface area contributed by atoms with Crippen LogP contribution in [0.25, 0.3) is 5.65 Å². The Hall–Kier alpha value is -3.19. The Balaban J connectivity index is 1.61. The second-order valence-corrected chi connectivity index (χ2v) is 8.63. The topological polar surface area (TPSA) is 79.3 Å². The number of aromatic amines is 1. The average Bonchev–Trinajstić information content (AvgIpc) is 3.41. The van der Waals surface area contributed by atoms with Gasteiger partial charge in [-0.25, -0.2) is 9.50 Å². The second-order valence-electron chi connectivity index (χ2n) is 7.65. The molecule has 4 rings (SSSR count). The van der Waals surface area contributed by atoms with Gasteiger partial charge in [0.25, 0.3) is 5.56 Å². The fourth-order valence-corrected chi connectivity index (χ4v) is 4.33. The van der Waals surface area contributed by atoms with Crippen molar-refractivity contribution in [1.82, 2.24) is 19.9 Å². The molecule has 1 amide bonds. The minimum atomic E-state index is -0.260. The van der Waals surface area contributed by atoms with Gasteiger partial charge in [0.1, 0.15) is 0 Å². The van der Waals surface area contributed by atoms with Gasteiger partial charge in [0, 0.05) is 28.4 Å². The van der Waals surface area contributed by atoms with Gasteiger partial charge in [-0.2, -0.15) is 0 Å². The second kappa shape index (κ2) is 8.28. The molecule has 2 N–H and O–H groups in total. The van der Waals surface area contributed by atoms with Crippen molar-refractivity contribution in [3.63, 3.8) is 0 Å².